The highest BCUT2D eigenvalue weighted by Gasteiger charge is 2.28. The zero-order valence-corrected chi connectivity index (χ0v) is 14.3. The van der Waals surface area contributed by atoms with E-state index in [0.29, 0.717) is 24.4 Å². The number of nitrogens with one attached hydrogen (secondary N) is 2. The third kappa shape index (κ3) is 3.86. The van der Waals surface area contributed by atoms with Gasteiger partial charge >= 0.3 is 0 Å². The van der Waals surface area contributed by atoms with E-state index in [1.165, 1.54) is 24.1 Å². The molecule has 1 amide bonds. The summed E-state index contributed by atoms with van der Waals surface area (Å²) in [6.45, 7) is 7.71. The van der Waals surface area contributed by atoms with Crippen molar-refractivity contribution in [1.82, 2.24) is 10.6 Å². The van der Waals surface area contributed by atoms with Gasteiger partial charge in [0, 0.05) is 31.4 Å². The predicted octanol–water partition coefficient (Wildman–Crippen LogP) is 2.54. The Morgan fingerprint density at radius 2 is 2.13 bits per heavy atom. The van der Waals surface area contributed by atoms with Gasteiger partial charge in [-0.05, 0) is 29.9 Å². The van der Waals surface area contributed by atoms with Crippen LogP contribution in [0.4, 0.5) is 5.69 Å². The first-order chi connectivity index (χ1) is 11.1. The fourth-order valence-electron chi connectivity index (χ4n) is 3.90. The number of amides is 1. The lowest BCUT2D eigenvalue weighted by atomic mass is 9.78. The highest BCUT2D eigenvalue weighted by atomic mass is 16.2. The van der Waals surface area contributed by atoms with E-state index >= 15 is 0 Å². The molecule has 3 atom stereocenters. The molecule has 1 aliphatic carbocycles. The first-order valence-corrected chi connectivity index (χ1v) is 8.98. The SMILES string of the molecule is CC1CCCC(NC(=O)CN2CCNCc3ccccc32)C1C. The summed E-state index contributed by atoms with van der Waals surface area (Å²) in [5, 5.41) is 6.72. The molecule has 0 radical (unpaired) electrons. The van der Waals surface area contributed by atoms with Crippen LogP contribution in [0.1, 0.15) is 38.7 Å². The topological polar surface area (TPSA) is 44.4 Å². The molecule has 3 rings (SSSR count). The lowest BCUT2D eigenvalue weighted by Crippen LogP contribution is -2.48. The van der Waals surface area contributed by atoms with Gasteiger partial charge in [-0.2, -0.15) is 0 Å². The van der Waals surface area contributed by atoms with Gasteiger partial charge in [-0.1, -0.05) is 44.9 Å². The summed E-state index contributed by atoms with van der Waals surface area (Å²) in [6, 6.07) is 8.73. The predicted molar refractivity (Wildman–Crippen MR) is 94.5 cm³/mol. The monoisotopic (exact) mass is 315 g/mol. The highest BCUT2D eigenvalue weighted by Crippen LogP contribution is 2.29. The lowest BCUT2D eigenvalue weighted by Gasteiger charge is -2.35. The van der Waals surface area contributed by atoms with Crippen molar-refractivity contribution in [2.45, 2.75) is 45.7 Å². The zero-order chi connectivity index (χ0) is 16.2. The molecule has 0 bridgehead atoms. The second-order valence-electron chi connectivity index (χ2n) is 7.17. The quantitative estimate of drug-likeness (QED) is 0.901. The molecule has 4 heteroatoms. The van der Waals surface area contributed by atoms with Crippen molar-refractivity contribution in [1.29, 1.82) is 0 Å². The van der Waals surface area contributed by atoms with Crippen LogP contribution in [0.25, 0.3) is 0 Å². The standard InChI is InChI=1S/C19H29N3O/c1-14-6-5-8-17(15(14)2)21-19(23)13-22-11-10-20-12-16-7-3-4-9-18(16)22/h3-4,7,9,14-15,17,20H,5-6,8,10-13H2,1-2H3,(H,21,23). The molecule has 1 fully saturated rings. The van der Waals surface area contributed by atoms with Crippen molar-refractivity contribution in [2.75, 3.05) is 24.5 Å². The summed E-state index contributed by atoms with van der Waals surface area (Å²) >= 11 is 0. The number of anilines is 1. The van der Waals surface area contributed by atoms with Gasteiger partial charge in [0.05, 0.1) is 6.54 Å². The van der Waals surface area contributed by atoms with Crippen LogP contribution in [0.2, 0.25) is 0 Å². The van der Waals surface area contributed by atoms with Crippen LogP contribution in [0.3, 0.4) is 0 Å². The van der Waals surface area contributed by atoms with E-state index < -0.39 is 0 Å². The number of carbonyl (C=O) groups is 1. The number of hydrogen-bond acceptors (Lipinski definition) is 3. The zero-order valence-electron chi connectivity index (χ0n) is 14.3. The number of rotatable bonds is 3. The molecule has 23 heavy (non-hydrogen) atoms. The fraction of sp³-hybridized carbons (Fsp3) is 0.632. The Morgan fingerprint density at radius 1 is 1.30 bits per heavy atom. The molecule has 4 nitrogen and oxygen atoms in total. The largest absolute Gasteiger partial charge is 0.361 e. The van der Waals surface area contributed by atoms with Gasteiger partial charge in [-0.25, -0.2) is 0 Å². The van der Waals surface area contributed by atoms with Crippen LogP contribution in [0.5, 0.6) is 0 Å². The van der Waals surface area contributed by atoms with Crippen LogP contribution >= 0.6 is 0 Å². The van der Waals surface area contributed by atoms with Crippen LogP contribution in [-0.4, -0.2) is 31.6 Å². The Bertz CT molecular complexity index is 545. The Balaban J connectivity index is 1.63. The number of nitrogens with zero attached hydrogens (tertiary/aromatic N) is 1. The molecule has 1 aromatic rings. The van der Waals surface area contributed by atoms with Crippen LogP contribution in [-0.2, 0) is 11.3 Å². The highest BCUT2D eigenvalue weighted by molar-refractivity contribution is 5.82. The molecule has 2 aliphatic rings. The summed E-state index contributed by atoms with van der Waals surface area (Å²) in [7, 11) is 0. The van der Waals surface area contributed by atoms with Crippen molar-refractivity contribution < 1.29 is 4.79 Å². The molecular formula is C19H29N3O. The van der Waals surface area contributed by atoms with Gasteiger partial charge in [-0.3, -0.25) is 4.79 Å². The molecule has 1 saturated carbocycles. The molecule has 1 aromatic carbocycles. The molecule has 1 aliphatic heterocycles. The van der Waals surface area contributed by atoms with Gasteiger partial charge in [0.2, 0.25) is 5.91 Å². The van der Waals surface area contributed by atoms with Gasteiger partial charge in [0.15, 0.2) is 0 Å². The third-order valence-electron chi connectivity index (χ3n) is 5.59. The Kier molecular flexibility index (Phi) is 5.21. The maximum Gasteiger partial charge on any atom is 0.239 e. The normalized spacial score (nSPS) is 27.9. The number of carbonyl (C=O) groups excluding carboxylic acids is 1. The molecule has 126 valence electrons. The molecule has 0 aromatic heterocycles. The third-order valence-corrected chi connectivity index (χ3v) is 5.59. The number of benzene rings is 1. The average molecular weight is 315 g/mol. The first kappa shape index (κ1) is 16.3. The number of para-hydroxylation sites is 1. The van der Waals surface area contributed by atoms with Gasteiger partial charge < -0.3 is 15.5 Å². The summed E-state index contributed by atoms with van der Waals surface area (Å²) < 4.78 is 0. The maximum atomic E-state index is 12.6. The van der Waals surface area contributed by atoms with E-state index in [9.17, 15) is 4.79 Å². The average Bonchev–Trinajstić information content (AvgIpc) is 2.75. The molecule has 0 saturated heterocycles. The van der Waals surface area contributed by atoms with Crippen molar-refractivity contribution in [3.63, 3.8) is 0 Å². The first-order valence-electron chi connectivity index (χ1n) is 8.98. The van der Waals surface area contributed by atoms with Crippen molar-refractivity contribution in [2.24, 2.45) is 11.8 Å². The molecular weight excluding hydrogens is 286 g/mol. The lowest BCUT2D eigenvalue weighted by molar-refractivity contribution is -0.121. The van der Waals surface area contributed by atoms with E-state index in [1.54, 1.807) is 0 Å². The van der Waals surface area contributed by atoms with Crippen LogP contribution < -0.4 is 15.5 Å². The second kappa shape index (κ2) is 7.35. The minimum Gasteiger partial charge on any atom is -0.361 e. The minimum absolute atomic E-state index is 0.160. The molecule has 2 N–H and O–H groups in total. The van der Waals surface area contributed by atoms with Crippen LogP contribution in [0.15, 0.2) is 24.3 Å². The van der Waals surface area contributed by atoms with Crippen molar-refractivity contribution in [3.8, 4) is 0 Å². The molecule has 3 unspecified atom stereocenters. The Morgan fingerprint density at radius 3 is 3.00 bits per heavy atom. The van der Waals surface area contributed by atoms with E-state index in [4.69, 9.17) is 0 Å². The van der Waals surface area contributed by atoms with E-state index in [1.807, 2.05) is 0 Å². The number of fused-ring (bicyclic) bond motifs is 1. The molecule has 1 heterocycles. The van der Waals surface area contributed by atoms with Crippen LogP contribution in [0, 0.1) is 11.8 Å². The van der Waals surface area contributed by atoms with Crippen molar-refractivity contribution >= 4 is 11.6 Å². The van der Waals surface area contributed by atoms with Crippen molar-refractivity contribution in [3.05, 3.63) is 29.8 Å². The minimum atomic E-state index is 0.160. The number of hydrogen-bond donors (Lipinski definition) is 2. The maximum absolute atomic E-state index is 12.6. The smallest absolute Gasteiger partial charge is 0.239 e. The van der Waals surface area contributed by atoms with Gasteiger partial charge in [0.1, 0.15) is 0 Å². The van der Waals surface area contributed by atoms with E-state index in [2.05, 4.69) is 53.6 Å². The van der Waals surface area contributed by atoms with Gasteiger partial charge in [-0.15, -0.1) is 0 Å². The van der Waals surface area contributed by atoms with Gasteiger partial charge in [0.25, 0.3) is 0 Å². The summed E-state index contributed by atoms with van der Waals surface area (Å²) in [4.78, 5) is 14.8. The van der Waals surface area contributed by atoms with E-state index in [0.717, 1.165) is 26.1 Å². The fourth-order valence-corrected chi connectivity index (χ4v) is 3.90. The van der Waals surface area contributed by atoms with E-state index in [-0.39, 0.29) is 5.91 Å². The Labute approximate surface area is 139 Å². The summed E-state index contributed by atoms with van der Waals surface area (Å²) in [6.07, 6.45) is 3.64. The molecule has 0 spiro atoms. The summed E-state index contributed by atoms with van der Waals surface area (Å²) in [5.41, 5.74) is 2.47. The summed E-state index contributed by atoms with van der Waals surface area (Å²) in [5.74, 6) is 1.44. The Hall–Kier alpha value is -1.55. The second-order valence-corrected chi connectivity index (χ2v) is 7.17.